The summed E-state index contributed by atoms with van der Waals surface area (Å²) >= 11 is 0. The quantitative estimate of drug-likeness (QED) is 0.296. The highest BCUT2D eigenvalue weighted by Gasteiger charge is 2.56. The number of benzene rings is 2. The summed E-state index contributed by atoms with van der Waals surface area (Å²) in [5.41, 5.74) is 3.56. The van der Waals surface area contributed by atoms with Crippen molar-refractivity contribution in [1.82, 2.24) is 4.98 Å². The number of hydrogen-bond acceptors (Lipinski definition) is 6. The molecule has 1 fully saturated rings. The van der Waals surface area contributed by atoms with Gasteiger partial charge in [-0.1, -0.05) is 29.8 Å². The molecule has 0 bridgehead atoms. The molecule has 3 aromatic rings. The molecule has 2 aromatic carbocycles. The van der Waals surface area contributed by atoms with E-state index in [2.05, 4.69) is 4.98 Å². The highest BCUT2D eigenvalue weighted by molar-refractivity contribution is 5.96. The van der Waals surface area contributed by atoms with Gasteiger partial charge in [-0.05, 0) is 75.9 Å². The summed E-state index contributed by atoms with van der Waals surface area (Å²) in [6, 6.07) is 14.4. The Bertz CT molecular complexity index is 1350. The van der Waals surface area contributed by atoms with Gasteiger partial charge in [-0.15, -0.1) is 0 Å². The first kappa shape index (κ1) is 28.6. The van der Waals surface area contributed by atoms with Gasteiger partial charge in [0, 0.05) is 23.1 Å². The predicted octanol–water partition coefficient (Wildman–Crippen LogP) is 6.21. The molecule has 6 nitrogen and oxygen atoms in total. The smallest absolute Gasteiger partial charge is 0.422 e. The van der Waals surface area contributed by atoms with Crippen LogP contribution in [0.1, 0.15) is 66.7 Å². The largest absolute Gasteiger partial charge is 0.493 e. The summed E-state index contributed by atoms with van der Waals surface area (Å²) in [5, 5.41) is 11.1. The van der Waals surface area contributed by atoms with Crippen molar-refractivity contribution in [3.05, 3.63) is 77.0 Å². The maximum absolute atomic E-state index is 14.5. The minimum atomic E-state index is -5.11. The molecule has 0 unspecified atom stereocenters. The molecule has 1 aliphatic carbocycles. The van der Waals surface area contributed by atoms with Crippen LogP contribution in [0.4, 0.5) is 13.2 Å². The van der Waals surface area contributed by atoms with Crippen LogP contribution in [0, 0.1) is 6.92 Å². The monoisotopic (exact) mass is 542 g/mol. The fraction of sp³-hybridized carbons (Fsp3) is 0.400. The second-order valence-corrected chi connectivity index (χ2v) is 10.7. The number of nitrogens with zero attached hydrogens (tertiary/aromatic N) is 1. The number of ketones is 1. The predicted molar refractivity (Wildman–Crippen MR) is 142 cm³/mol. The summed E-state index contributed by atoms with van der Waals surface area (Å²) in [5.74, 6) is 0.210. The van der Waals surface area contributed by atoms with Crippen molar-refractivity contribution in [2.24, 2.45) is 5.73 Å². The number of rotatable bonds is 10. The van der Waals surface area contributed by atoms with E-state index in [1.165, 1.54) is 25.3 Å². The Morgan fingerprint density at radius 3 is 2.28 bits per heavy atom. The number of carbonyl (C=O) groups is 1. The highest BCUT2D eigenvalue weighted by Crippen LogP contribution is 2.44. The van der Waals surface area contributed by atoms with E-state index >= 15 is 0 Å². The molecule has 1 heterocycles. The number of pyridine rings is 1. The van der Waals surface area contributed by atoms with Crippen LogP contribution in [0.5, 0.6) is 11.5 Å². The Morgan fingerprint density at radius 2 is 1.72 bits per heavy atom. The van der Waals surface area contributed by atoms with Crippen LogP contribution in [0.25, 0.3) is 11.3 Å². The van der Waals surface area contributed by atoms with Gasteiger partial charge < -0.3 is 20.3 Å². The third kappa shape index (κ3) is 6.42. The van der Waals surface area contributed by atoms with Gasteiger partial charge in [0.1, 0.15) is 0 Å². The van der Waals surface area contributed by atoms with Gasteiger partial charge in [-0.25, -0.2) is 4.98 Å². The van der Waals surface area contributed by atoms with Crippen LogP contribution in [0.2, 0.25) is 0 Å². The first-order valence-electron chi connectivity index (χ1n) is 12.8. The molecule has 0 radical (unpaired) electrons. The molecule has 3 N–H and O–H groups in total. The van der Waals surface area contributed by atoms with Gasteiger partial charge in [-0.2, -0.15) is 13.2 Å². The van der Waals surface area contributed by atoms with Gasteiger partial charge in [0.25, 0.3) is 0 Å². The number of halogens is 3. The number of methoxy groups -OCH3 is 1. The minimum Gasteiger partial charge on any atom is -0.493 e. The first-order valence-corrected chi connectivity index (χ1v) is 12.8. The Morgan fingerprint density at radius 1 is 1.05 bits per heavy atom. The lowest BCUT2D eigenvalue weighted by atomic mass is 9.86. The number of carbonyl (C=O) groups excluding carboxylic acids is 1. The van der Waals surface area contributed by atoms with Crippen molar-refractivity contribution in [2.45, 2.75) is 69.9 Å². The molecule has 4 rings (SSSR count). The molecule has 0 aliphatic heterocycles. The Balaban J connectivity index is 1.67. The lowest BCUT2D eigenvalue weighted by Gasteiger charge is -2.32. The minimum absolute atomic E-state index is 0.105. The number of hydrogen-bond donors (Lipinski definition) is 2. The molecule has 9 heteroatoms. The van der Waals surface area contributed by atoms with Crippen molar-refractivity contribution in [2.75, 3.05) is 7.11 Å². The highest BCUT2D eigenvalue weighted by atomic mass is 19.4. The van der Waals surface area contributed by atoms with Crippen LogP contribution in [-0.4, -0.2) is 35.3 Å². The summed E-state index contributed by atoms with van der Waals surface area (Å²) in [7, 11) is 1.43. The molecule has 1 aromatic heterocycles. The zero-order chi connectivity index (χ0) is 28.6. The topological polar surface area (TPSA) is 94.7 Å². The van der Waals surface area contributed by atoms with Crippen molar-refractivity contribution in [1.29, 1.82) is 0 Å². The van der Waals surface area contributed by atoms with E-state index in [4.69, 9.17) is 15.2 Å². The molecule has 39 heavy (non-hydrogen) atoms. The van der Waals surface area contributed by atoms with Crippen molar-refractivity contribution in [3.8, 4) is 22.8 Å². The molecule has 0 spiro atoms. The van der Waals surface area contributed by atoms with E-state index in [0.717, 1.165) is 18.4 Å². The standard InChI is InChI=1S/C30H33F3N2O4/c1-18-5-7-19(8-6-18)23-16-21(28(2,3)34)17-27(35-23)29(37,30(31,32)33)14-13-24(36)20-9-12-25(26(15-20)38-4)39-22-10-11-22/h5-9,12,15-17,22,37H,10-11,13-14,34H2,1-4H3/t29-/m1/s1. The number of alkyl halides is 3. The van der Waals surface area contributed by atoms with Crippen LogP contribution in [0.3, 0.4) is 0 Å². The number of aryl methyl sites for hydroxylation is 1. The fourth-order valence-corrected chi connectivity index (χ4v) is 4.14. The molecule has 1 aliphatic rings. The van der Waals surface area contributed by atoms with Crippen LogP contribution in [0.15, 0.2) is 54.6 Å². The number of nitrogens with two attached hydrogens (primary N) is 1. The third-order valence-electron chi connectivity index (χ3n) is 6.83. The molecule has 208 valence electrons. The van der Waals surface area contributed by atoms with Crippen LogP contribution < -0.4 is 15.2 Å². The SMILES string of the molecule is COc1cc(C(=O)CC[C@@](O)(c2cc(C(C)(C)N)cc(-c3ccc(C)cc3)n2)C(F)(F)F)ccc1OC1CC1. The Hall–Kier alpha value is -3.43. The molecule has 1 saturated carbocycles. The molecular weight excluding hydrogens is 509 g/mol. The van der Waals surface area contributed by atoms with E-state index < -0.39 is 41.6 Å². The first-order chi connectivity index (χ1) is 18.2. The molecule has 0 amide bonds. The van der Waals surface area contributed by atoms with Crippen LogP contribution in [-0.2, 0) is 11.1 Å². The maximum atomic E-state index is 14.5. The van der Waals surface area contributed by atoms with Gasteiger partial charge in [0.05, 0.1) is 24.6 Å². The normalized spacial score (nSPS) is 15.5. The maximum Gasteiger partial charge on any atom is 0.422 e. The average Bonchev–Trinajstić information content (AvgIpc) is 3.70. The molecule has 1 atom stereocenters. The molecule has 0 saturated heterocycles. The fourth-order valence-electron chi connectivity index (χ4n) is 4.14. The molecular formula is C30H33F3N2O4. The van der Waals surface area contributed by atoms with Gasteiger partial charge in [0.15, 0.2) is 17.3 Å². The number of aromatic nitrogens is 1. The third-order valence-corrected chi connectivity index (χ3v) is 6.83. The van der Waals surface area contributed by atoms with Gasteiger partial charge >= 0.3 is 6.18 Å². The van der Waals surface area contributed by atoms with Gasteiger partial charge in [-0.3, -0.25) is 4.79 Å². The zero-order valence-electron chi connectivity index (χ0n) is 22.4. The van der Waals surface area contributed by atoms with Crippen molar-refractivity contribution < 1.29 is 32.5 Å². The van der Waals surface area contributed by atoms with Gasteiger partial charge in [0.2, 0.25) is 5.60 Å². The second kappa shape index (κ2) is 10.6. The summed E-state index contributed by atoms with van der Waals surface area (Å²) in [6.07, 6.45) is -4.65. The summed E-state index contributed by atoms with van der Waals surface area (Å²) < 4.78 is 54.5. The van der Waals surface area contributed by atoms with Crippen molar-refractivity contribution in [3.63, 3.8) is 0 Å². The Kier molecular flexibility index (Phi) is 7.78. The second-order valence-electron chi connectivity index (χ2n) is 10.7. The van der Waals surface area contributed by atoms with E-state index in [9.17, 15) is 23.1 Å². The summed E-state index contributed by atoms with van der Waals surface area (Å²) in [4.78, 5) is 17.2. The average molecular weight is 543 g/mol. The zero-order valence-corrected chi connectivity index (χ0v) is 22.4. The lowest BCUT2D eigenvalue weighted by molar-refractivity contribution is -0.270. The van der Waals surface area contributed by atoms with E-state index in [1.54, 1.807) is 38.1 Å². The summed E-state index contributed by atoms with van der Waals surface area (Å²) in [6.45, 7) is 5.21. The van der Waals surface area contributed by atoms with E-state index in [1.807, 2.05) is 19.1 Å². The van der Waals surface area contributed by atoms with Crippen LogP contribution >= 0.6 is 0 Å². The van der Waals surface area contributed by atoms with E-state index in [0.29, 0.717) is 22.6 Å². The van der Waals surface area contributed by atoms with E-state index in [-0.39, 0.29) is 17.4 Å². The van der Waals surface area contributed by atoms with Crippen molar-refractivity contribution >= 4 is 5.78 Å². The lowest BCUT2D eigenvalue weighted by Crippen LogP contribution is -2.44. The number of aliphatic hydroxyl groups is 1. The number of Topliss-reactive ketones (excluding diaryl/α,β-unsaturated/α-hetero) is 1. The number of ether oxygens (including phenoxy) is 2. The Labute approximate surface area is 226 Å².